The molecule has 2 rings (SSSR count). The van der Waals surface area contributed by atoms with Crippen LogP contribution in [0.25, 0.3) is 0 Å². The Morgan fingerprint density at radius 1 is 1.27 bits per heavy atom. The summed E-state index contributed by atoms with van der Waals surface area (Å²) in [5, 5.41) is 3.24. The SMILES string of the molecule is C=C[C@@H](c1cc(Br)cc(OC(F)(F)F)c1)N1CCNCC1.Cl. The Kier molecular flexibility index (Phi) is 7.18. The normalized spacial score (nSPS) is 17.5. The molecule has 0 amide bonds. The molecule has 0 spiro atoms. The van der Waals surface area contributed by atoms with Crippen molar-refractivity contribution in [1.82, 2.24) is 10.2 Å². The molecule has 0 saturated carbocycles. The topological polar surface area (TPSA) is 24.5 Å². The second-order valence-electron chi connectivity index (χ2n) is 4.73. The minimum Gasteiger partial charge on any atom is -0.406 e. The van der Waals surface area contributed by atoms with Gasteiger partial charge in [0.1, 0.15) is 5.75 Å². The van der Waals surface area contributed by atoms with Crippen molar-refractivity contribution in [3.05, 3.63) is 40.9 Å². The second-order valence-corrected chi connectivity index (χ2v) is 5.65. The molecule has 0 radical (unpaired) electrons. The van der Waals surface area contributed by atoms with Crippen LogP contribution in [0.15, 0.2) is 35.3 Å². The van der Waals surface area contributed by atoms with Crippen LogP contribution in [0.4, 0.5) is 13.2 Å². The van der Waals surface area contributed by atoms with Gasteiger partial charge in [-0.2, -0.15) is 0 Å². The maximum absolute atomic E-state index is 12.4. The summed E-state index contributed by atoms with van der Waals surface area (Å²) in [6, 6.07) is 4.36. The number of halogens is 5. The minimum absolute atomic E-state index is 0. The van der Waals surface area contributed by atoms with Crippen LogP contribution in [0.1, 0.15) is 11.6 Å². The van der Waals surface area contributed by atoms with Crippen molar-refractivity contribution >= 4 is 28.3 Å². The van der Waals surface area contributed by atoms with Crippen LogP contribution < -0.4 is 10.1 Å². The predicted molar refractivity (Wildman–Crippen MR) is 85.5 cm³/mol. The zero-order valence-corrected chi connectivity index (χ0v) is 14.1. The molecular weight excluding hydrogens is 385 g/mol. The van der Waals surface area contributed by atoms with Crippen LogP contribution in [0.5, 0.6) is 5.75 Å². The molecule has 0 aromatic heterocycles. The van der Waals surface area contributed by atoms with Crippen LogP contribution in [-0.2, 0) is 0 Å². The van der Waals surface area contributed by atoms with Crippen LogP contribution in [0.2, 0.25) is 0 Å². The van der Waals surface area contributed by atoms with Crippen molar-refractivity contribution in [1.29, 1.82) is 0 Å². The van der Waals surface area contributed by atoms with E-state index in [0.717, 1.165) is 31.7 Å². The van der Waals surface area contributed by atoms with Crippen molar-refractivity contribution in [2.24, 2.45) is 0 Å². The highest BCUT2D eigenvalue weighted by Gasteiger charge is 2.31. The van der Waals surface area contributed by atoms with E-state index in [0.29, 0.717) is 4.47 Å². The summed E-state index contributed by atoms with van der Waals surface area (Å²) in [4.78, 5) is 2.17. The number of nitrogens with zero attached hydrogens (tertiary/aromatic N) is 1. The van der Waals surface area contributed by atoms with Gasteiger partial charge in [-0.1, -0.05) is 22.0 Å². The number of piperazine rings is 1. The van der Waals surface area contributed by atoms with Gasteiger partial charge >= 0.3 is 6.36 Å². The highest BCUT2D eigenvalue weighted by atomic mass is 79.9. The molecule has 3 nitrogen and oxygen atoms in total. The lowest BCUT2D eigenvalue weighted by atomic mass is 10.0. The average molecular weight is 402 g/mol. The summed E-state index contributed by atoms with van der Waals surface area (Å²) in [6.07, 6.45) is -2.96. The number of benzene rings is 1. The Morgan fingerprint density at radius 2 is 1.91 bits per heavy atom. The first-order valence-corrected chi connectivity index (χ1v) is 7.32. The Hall–Kier alpha value is -0.760. The number of hydrogen-bond acceptors (Lipinski definition) is 3. The summed E-state index contributed by atoms with van der Waals surface area (Å²) in [6.45, 7) is 7.15. The van der Waals surface area contributed by atoms with Gasteiger partial charge in [-0.15, -0.1) is 32.2 Å². The average Bonchev–Trinajstić information content (AvgIpc) is 2.38. The molecule has 1 aliphatic rings. The maximum atomic E-state index is 12.4. The monoisotopic (exact) mass is 400 g/mol. The minimum atomic E-state index is -4.70. The third-order valence-electron chi connectivity index (χ3n) is 3.24. The quantitative estimate of drug-likeness (QED) is 0.775. The number of alkyl halides is 3. The van der Waals surface area contributed by atoms with E-state index in [9.17, 15) is 13.2 Å². The Bertz CT molecular complexity index is 507. The molecule has 22 heavy (non-hydrogen) atoms. The molecule has 1 aliphatic heterocycles. The van der Waals surface area contributed by atoms with Gasteiger partial charge in [0.25, 0.3) is 0 Å². The number of nitrogens with one attached hydrogen (secondary N) is 1. The number of hydrogen-bond donors (Lipinski definition) is 1. The summed E-state index contributed by atoms with van der Waals surface area (Å²) in [5.41, 5.74) is 0.723. The van der Waals surface area contributed by atoms with Crippen molar-refractivity contribution in [2.75, 3.05) is 26.2 Å². The smallest absolute Gasteiger partial charge is 0.406 e. The van der Waals surface area contributed by atoms with E-state index in [-0.39, 0.29) is 24.2 Å². The van der Waals surface area contributed by atoms with Crippen molar-refractivity contribution in [3.8, 4) is 5.75 Å². The fourth-order valence-electron chi connectivity index (χ4n) is 2.40. The Balaban J connectivity index is 0.00000242. The van der Waals surface area contributed by atoms with E-state index in [1.54, 1.807) is 12.1 Å². The molecule has 1 N–H and O–H groups in total. The molecule has 0 bridgehead atoms. The first-order valence-electron chi connectivity index (χ1n) is 6.52. The van der Waals surface area contributed by atoms with Crippen molar-refractivity contribution < 1.29 is 17.9 Å². The third-order valence-corrected chi connectivity index (χ3v) is 3.69. The zero-order valence-electron chi connectivity index (χ0n) is 11.7. The number of rotatable bonds is 4. The van der Waals surface area contributed by atoms with Crippen LogP contribution in [0.3, 0.4) is 0 Å². The largest absolute Gasteiger partial charge is 0.573 e. The summed E-state index contributed by atoms with van der Waals surface area (Å²) >= 11 is 3.23. The van der Waals surface area contributed by atoms with E-state index >= 15 is 0 Å². The Morgan fingerprint density at radius 3 is 2.45 bits per heavy atom. The van der Waals surface area contributed by atoms with Gasteiger partial charge in [-0.25, -0.2) is 0 Å². The molecule has 1 aromatic rings. The molecule has 1 aromatic carbocycles. The van der Waals surface area contributed by atoms with E-state index in [1.807, 2.05) is 0 Å². The standard InChI is InChI=1S/C14H16BrF3N2O.ClH/c1-2-13(20-5-3-19-4-6-20)10-7-11(15)9-12(8-10)21-14(16,17)18;/h2,7-9,13,19H,1,3-6H2;1H/t13-;/m0./s1. The molecule has 0 unspecified atom stereocenters. The summed E-state index contributed by atoms with van der Waals surface area (Å²) < 4.78 is 41.7. The molecule has 1 saturated heterocycles. The van der Waals surface area contributed by atoms with Gasteiger partial charge < -0.3 is 10.1 Å². The maximum Gasteiger partial charge on any atom is 0.573 e. The lowest BCUT2D eigenvalue weighted by Gasteiger charge is -2.33. The lowest BCUT2D eigenvalue weighted by molar-refractivity contribution is -0.274. The molecule has 0 aliphatic carbocycles. The van der Waals surface area contributed by atoms with E-state index < -0.39 is 6.36 Å². The first kappa shape index (κ1) is 19.3. The summed E-state index contributed by atoms with van der Waals surface area (Å²) in [7, 11) is 0. The van der Waals surface area contributed by atoms with Gasteiger partial charge in [0.05, 0.1) is 6.04 Å². The van der Waals surface area contributed by atoms with Gasteiger partial charge in [0.2, 0.25) is 0 Å². The fourth-order valence-corrected chi connectivity index (χ4v) is 2.89. The Labute approximate surface area is 142 Å². The molecular formula is C14H17BrClF3N2O. The predicted octanol–water partition coefficient (Wildman–Crippen LogP) is 3.90. The fraction of sp³-hybridized carbons (Fsp3) is 0.429. The van der Waals surface area contributed by atoms with Gasteiger partial charge in [0, 0.05) is 30.7 Å². The van der Waals surface area contributed by atoms with Crippen LogP contribution in [0, 0.1) is 0 Å². The lowest BCUT2D eigenvalue weighted by Crippen LogP contribution is -2.44. The highest BCUT2D eigenvalue weighted by Crippen LogP contribution is 2.32. The molecule has 1 fully saturated rings. The van der Waals surface area contributed by atoms with E-state index in [4.69, 9.17) is 0 Å². The second kappa shape index (κ2) is 8.19. The van der Waals surface area contributed by atoms with Crippen LogP contribution in [-0.4, -0.2) is 37.4 Å². The van der Waals surface area contributed by atoms with Crippen LogP contribution >= 0.6 is 28.3 Å². The molecule has 8 heteroatoms. The zero-order chi connectivity index (χ0) is 15.5. The van der Waals surface area contributed by atoms with E-state index in [1.165, 1.54) is 12.1 Å². The summed E-state index contributed by atoms with van der Waals surface area (Å²) in [5.74, 6) is -0.228. The molecule has 124 valence electrons. The molecule has 1 heterocycles. The van der Waals surface area contributed by atoms with Crippen molar-refractivity contribution in [3.63, 3.8) is 0 Å². The van der Waals surface area contributed by atoms with Gasteiger partial charge in [-0.05, 0) is 23.8 Å². The first-order chi connectivity index (χ1) is 9.89. The third kappa shape index (κ3) is 5.46. The van der Waals surface area contributed by atoms with E-state index in [2.05, 4.69) is 37.5 Å². The van der Waals surface area contributed by atoms with Gasteiger partial charge in [-0.3, -0.25) is 4.90 Å². The molecule has 1 atom stereocenters. The number of ether oxygens (including phenoxy) is 1. The van der Waals surface area contributed by atoms with Crippen molar-refractivity contribution in [2.45, 2.75) is 12.4 Å². The van der Waals surface area contributed by atoms with Gasteiger partial charge in [0.15, 0.2) is 0 Å². The highest BCUT2D eigenvalue weighted by molar-refractivity contribution is 9.10.